The third-order valence-corrected chi connectivity index (χ3v) is 12.3. The van der Waals surface area contributed by atoms with Gasteiger partial charge in [-0.1, -0.05) is 197 Å². The number of ether oxygens (including phenoxy) is 2. The molecule has 0 saturated carbocycles. The van der Waals surface area contributed by atoms with E-state index in [0.717, 1.165) is 44.9 Å². The van der Waals surface area contributed by atoms with E-state index >= 15 is 0 Å². The average Bonchev–Trinajstić information content (AvgIpc) is 3.24. The predicted octanol–water partition coefficient (Wildman–Crippen LogP) is 16.3. The molecule has 0 fully saturated rings. The second kappa shape index (κ2) is 47.0. The number of nitrogens with zero attached hydrogens (tertiary/aromatic N) is 1. The Labute approximate surface area is 390 Å². The minimum Gasteiger partial charge on any atom is -0.457 e. The molecule has 0 aliphatic rings. The highest BCUT2D eigenvalue weighted by atomic mass is 31.2. The van der Waals surface area contributed by atoms with Crippen molar-refractivity contribution in [1.29, 1.82) is 0 Å². The molecule has 0 radical (unpaired) electrons. The fraction of sp³-hybridized carbons (Fsp3) is 0.833. The highest BCUT2D eigenvalue weighted by Gasteiger charge is 2.26. The number of unbranched alkanes of at least 4 members (excludes halogenated alkanes) is 27. The molecule has 2 unspecified atom stereocenters. The van der Waals surface area contributed by atoms with E-state index in [4.69, 9.17) is 18.5 Å². The normalized spacial score (nSPS) is 13.9. The average molecular weight is 909 g/mol. The Morgan fingerprint density at radius 3 is 1.32 bits per heavy atom. The maximum atomic E-state index is 12.8. The van der Waals surface area contributed by atoms with Crippen LogP contribution in [0.15, 0.2) is 48.6 Å². The summed E-state index contributed by atoms with van der Waals surface area (Å²) in [6, 6.07) is 0. The van der Waals surface area contributed by atoms with Crippen LogP contribution < -0.4 is 0 Å². The molecule has 63 heavy (non-hydrogen) atoms. The predicted molar refractivity (Wildman–Crippen MR) is 270 cm³/mol. The Balaban J connectivity index is 4.13. The molecule has 0 rings (SSSR count). The van der Waals surface area contributed by atoms with Crippen molar-refractivity contribution in [3.05, 3.63) is 48.6 Å². The molecule has 0 aliphatic heterocycles. The zero-order valence-corrected chi connectivity index (χ0v) is 43.0. The van der Waals surface area contributed by atoms with Gasteiger partial charge in [0, 0.05) is 13.0 Å². The van der Waals surface area contributed by atoms with Crippen molar-refractivity contribution >= 4 is 13.8 Å². The van der Waals surface area contributed by atoms with Crippen LogP contribution in [0.25, 0.3) is 0 Å². The quantitative estimate of drug-likeness (QED) is 0.0214. The molecule has 370 valence electrons. The van der Waals surface area contributed by atoms with Gasteiger partial charge < -0.3 is 18.9 Å². The monoisotopic (exact) mass is 909 g/mol. The maximum Gasteiger partial charge on any atom is 0.472 e. The van der Waals surface area contributed by atoms with Crippen molar-refractivity contribution in [3.63, 3.8) is 0 Å². The summed E-state index contributed by atoms with van der Waals surface area (Å²) in [6.07, 6.45) is 58.7. The summed E-state index contributed by atoms with van der Waals surface area (Å²) in [7, 11) is 1.66. The molecule has 9 heteroatoms. The van der Waals surface area contributed by atoms with Crippen LogP contribution in [0.5, 0.6) is 0 Å². The first-order valence-electron chi connectivity index (χ1n) is 26.4. The number of phosphoric acid groups is 1. The van der Waals surface area contributed by atoms with E-state index in [-0.39, 0.29) is 25.8 Å². The van der Waals surface area contributed by atoms with Crippen LogP contribution in [0.3, 0.4) is 0 Å². The highest BCUT2D eigenvalue weighted by molar-refractivity contribution is 7.47. The van der Waals surface area contributed by atoms with Crippen LogP contribution >= 0.6 is 7.82 Å². The Morgan fingerprint density at radius 1 is 0.492 bits per heavy atom. The molecule has 0 aromatic carbocycles. The summed E-state index contributed by atoms with van der Waals surface area (Å²) in [4.78, 5) is 23.0. The maximum absolute atomic E-state index is 12.8. The van der Waals surface area contributed by atoms with Crippen LogP contribution in [-0.2, 0) is 27.9 Å². The van der Waals surface area contributed by atoms with Crippen LogP contribution in [0.4, 0.5) is 0 Å². The van der Waals surface area contributed by atoms with E-state index in [1.807, 2.05) is 21.1 Å². The fourth-order valence-corrected chi connectivity index (χ4v) is 8.00. The largest absolute Gasteiger partial charge is 0.472 e. The number of rotatable bonds is 49. The molecule has 2 atom stereocenters. The SMILES string of the molecule is CCCCCCC/C=C\C/C=C\C/C=C\CCCCCCCCCCCOCC(COP(=O)(O)OCC[N+](C)(C)C)OC(=O)CCCCCCCCC/C=C\CCCCCCCC. The lowest BCUT2D eigenvalue weighted by Crippen LogP contribution is -2.37. The van der Waals surface area contributed by atoms with Gasteiger partial charge in [0.15, 0.2) is 0 Å². The third-order valence-electron chi connectivity index (χ3n) is 11.4. The number of hydrogen-bond acceptors (Lipinski definition) is 6. The van der Waals surface area contributed by atoms with Gasteiger partial charge in [-0.05, 0) is 77.0 Å². The van der Waals surface area contributed by atoms with Crippen molar-refractivity contribution in [2.45, 2.75) is 238 Å². The second-order valence-corrected chi connectivity index (χ2v) is 20.4. The fourth-order valence-electron chi connectivity index (χ4n) is 7.26. The van der Waals surface area contributed by atoms with Crippen LogP contribution in [0, 0.1) is 0 Å². The molecule has 0 aromatic heterocycles. The van der Waals surface area contributed by atoms with Crippen molar-refractivity contribution < 1.29 is 37.3 Å². The molecule has 0 spiro atoms. The topological polar surface area (TPSA) is 91.3 Å². The number of hydrogen-bond donors (Lipinski definition) is 1. The number of esters is 1. The summed E-state index contributed by atoms with van der Waals surface area (Å²) in [5.41, 5.74) is 0. The number of allylic oxidation sites excluding steroid dienone is 8. The van der Waals surface area contributed by atoms with Crippen molar-refractivity contribution in [2.24, 2.45) is 0 Å². The Kier molecular flexibility index (Phi) is 45.8. The molecule has 0 heterocycles. The van der Waals surface area contributed by atoms with E-state index in [0.29, 0.717) is 24.1 Å². The van der Waals surface area contributed by atoms with Gasteiger partial charge >= 0.3 is 13.8 Å². The minimum absolute atomic E-state index is 0.0858. The molecule has 0 amide bonds. The number of quaternary nitrogens is 1. The van der Waals surface area contributed by atoms with Crippen molar-refractivity contribution in [1.82, 2.24) is 0 Å². The van der Waals surface area contributed by atoms with Gasteiger partial charge in [0.1, 0.15) is 19.3 Å². The van der Waals surface area contributed by atoms with Gasteiger partial charge in [0.25, 0.3) is 0 Å². The zero-order valence-electron chi connectivity index (χ0n) is 42.1. The lowest BCUT2D eigenvalue weighted by molar-refractivity contribution is -0.870. The zero-order chi connectivity index (χ0) is 46.2. The van der Waals surface area contributed by atoms with Gasteiger partial charge in [-0.2, -0.15) is 0 Å². The van der Waals surface area contributed by atoms with E-state index < -0.39 is 13.9 Å². The van der Waals surface area contributed by atoms with Gasteiger partial charge in [-0.15, -0.1) is 0 Å². The summed E-state index contributed by atoms with van der Waals surface area (Å²) in [5, 5.41) is 0. The first-order chi connectivity index (χ1) is 30.6. The summed E-state index contributed by atoms with van der Waals surface area (Å²) < 4.78 is 35.2. The van der Waals surface area contributed by atoms with E-state index in [1.54, 1.807) is 0 Å². The summed E-state index contributed by atoms with van der Waals surface area (Å²) >= 11 is 0. The Hall–Kier alpha value is -1.54. The molecule has 0 bridgehead atoms. The molecule has 0 saturated heterocycles. The van der Waals surface area contributed by atoms with E-state index in [1.165, 1.54) is 167 Å². The first-order valence-corrected chi connectivity index (χ1v) is 27.9. The standard InChI is InChI=1S/C54H102NO7P/c1-6-8-10-12-14-16-18-20-22-24-25-26-27-28-29-30-32-34-36-38-40-42-44-46-49-59-51-53(52-61-63(57,58)60-50-48-55(3,4)5)62-54(56)47-45-43-41-39-37-35-33-31-23-21-19-17-15-13-11-9-7-2/h18,20-21,23-25,27-28,53H,6-17,19,22,26,29-52H2,1-5H3/p+1/b20-18-,23-21-,25-24-,28-27-. The lowest BCUT2D eigenvalue weighted by Gasteiger charge is -2.24. The Bertz CT molecular complexity index is 1150. The molecule has 8 nitrogen and oxygen atoms in total. The van der Waals surface area contributed by atoms with Crippen LogP contribution in [0.1, 0.15) is 232 Å². The van der Waals surface area contributed by atoms with E-state index in [9.17, 15) is 14.3 Å². The first kappa shape index (κ1) is 61.5. The lowest BCUT2D eigenvalue weighted by atomic mass is 10.1. The second-order valence-electron chi connectivity index (χ2n) is 18.9. The van der Waals surface area contributed by atoms with Gasteiger partial charge in [0.2, 0.25) is 0 Å². The van der Waals surface area contributed by atoms with Crippen LogP contribution in [-0.4, -0.2) is 75.6 Å². The van der Waals surface area contributed by atoms with Crippen LogP contribution in [0.2, 0.25) is 0 Å². The number of carbonyl (C=O) groups is 1. The molecular weight excluding hydrogens is 806 g/mol. The summed E-state index contributed by atoms with van der Waals surface area (Å²) in [6.45, 7) is 5.61. The van der Waals surface area contributed by atoms with Crippen molar-refractivity contribution in [3.8, 4) is 0 Å². The number of phosphoric ester groups is 1. The minimum atomic E-state index is -4.28. The van der Waals surface area contributed by atoms with Gasteiger partial charge in [0.05, 0.1) is 34.4 Å². The third kappa shape index (κ3) is 51.3. The molecule has 1 N–H and O–H groups in total. The Morgan fingerprint density at radius 2 is 0.873 bits per heavy atom. The summed E-state index contributed by atoms with van der Waals surface area (Å²) in [5.74, 6) is -0.319. The molecule has 0 aliphatic carbocycles. The van der Waals surface area contributed by atoms with Gasteiger partial charge in [-0.25, -0.2) is 4.57 Å². The molecular formula is C54H103NO7P+. The molecule has 0 aromatic rings. The van der Waals surface area contributed by atoms with E-state index in [2.05, 4.69) is 62.5 Å². The van der Waals surface area contributed by atoms with Crippen molar-refractivity contribution in [2.75, 3.05) is 54.1 Å². The highest BCUT2D eigenvalue weighted by Crippen LogP contribution is 2.43. The van der Waals surface area contributed by atoms with Gasteiger partial charge in [-0.3, -0.25) is 13.8 Å². The number of carbonyl (C=O) groups excluding carboxylic acids is 1. The smallest absolute Gasteiger partial charge is 0.457 e. The number of likely N-dealkylation sites (N-methyl/N-ethyl adjacent to an activating group) is 1.